The maximum Gasteiger partial charge on any atom is 0.326 e. The highest BCUT2D eigenvalue weighted by Crippen LogP contribution is 1.96. The fourth-order valence-corrected chi connectivity index (χ4v) is 1.38. The molecule has 1 atom stereocenters. The SMILES string of the molecule is CCC[C@H](NC(=O)NCCCOCCOC)C(=O)O. The number of nitrogens with one attached hydrogen (secondary N) is 2. The Bertz CT molecular complexity index is 261. The van der Waals surface area contributed by atoms with Crippen LogP contribution in [-0.4, -0.2) is 56.6 Å². The third-order valence-corrected chi connectivity index (χ3v) is 2.36. The Morgan fingerprint density at radius 2 is 2.00 bits per heavy atom. The number of carbonyl (C=O) groups excluding carboxylic acids is 1. The number of aliphatic carboxylic acids is 1. The monoisotopic (exact) mass is 276 g/mol. The Kier molecular flexibility index (Phi) is 10.9. The van der Waals surface area contributed by atoms with Crippen LogP contribution in [0.25, 0.3) is 0 Å². The largest absolute Gasteiger partial charge is 0.480 e. The number of rotatable bonds is 11. The van der Waals surface area contributed by atoms with Crippen LogP contribution >= 0.6 is 0 Å². The van der Waals surface area contributed by atoms with Gasteiger partial charge in [-0.15, -0.1) is 0 Å². The van der Waals surface area contributed by atoms with E-state index >= 15 is 0 Å². The minimum atomic E-state index is -1.01. The molecule has 3 N–H and O–H groups in total. The molecule has 0 saturated carbocycles. The molecule has 7 heteroatoms. The number of carboxylic acid groups (broad SMARTS) is 1. The van der Waals surface area contributed by atoms with Crippen LogP contribution in [0.15, 0.2) is 0 Å². The van der Waals surface area contributed by atoms with Gasteiger partial charge in [-0.2, -0.15) is 0 Å². The van der Waals surface area contributed by atoms with Crippen LogP contribution in [0, 0.1) is 0 Å². The molecular weight excluding hydrogens is 252 g/mol. The van der Waals surface area contributed by atoms with Crippen molar-refractivity contribution in [1.82, 2.24) is 10.6 Å². The normalized spacial score (nSPS) is 11.9. The Balaban J connectivity index is 3.60. The van der Waals surface area contributed by atoms with Gasteiger partial charge in [0.1, 0.15) is 6.04 Å². The summed E-state index contributed by atoms with van der Waals surface area (Å²) in [7, 11) is 1.60. The van der Waals surface area contributed by atoms with Crippen molar-refractivity contribution in [1.29, 1.82) is 0 Å². The zero-order valence-electron chi connectivity index (χ0n) is 11.6. The Morgan fingerprint density at radius 3 is 2.58 bits per heavy atom. The van der Waals surface area contributed by atoms with E-state index in [0.29, 0.717) is 45.6 Å². The fraction of sp³-hybridized carbons (Fsp3) is 0.833. The topological polar surface area (TPSA) is 96.9 Å². The van der Waals surface area contributed by atoms with Gasteiger partial charge >= 0.3 is 12.0 Å². The first-order chi connectivity index (χ1) is 9.11. The first-order valence-corrected chi connectivity index (χ1v) is 6.45. The smallest absolute Gasteiger partial charge is 0.326 e. The lowest BCUT2D eigenvalue weighted by atomic mass is 10.2. The van der Waals surface area contributed by atoms with Gasteiger partial charge < -0.3 is 25.2 Å². The third-order valence-electron chi connectivity index (χ3n) is 2.36. The van der Waals surface area contributed by atoms with Gasteiger partial charge in [0, 0.05) is 20.3 Å². The molecule has 7 nitrogen and oxygen atoms in total. The van der Waals surface area contributed by atoms with Crippen LogP contribution < -0.4 is 10.6 Å². The van der Waals surface area contributed by atoms with Crippen LogP contribution in [0.2, 0.25) is 0 Å². The predicted octanol–water partition coefficient (Wildman–Crippen LogP) is 0.592. The molecule has 0 aliphatic rings. The maximum absolute atomic E-state index is 11.4. The van der Waals surface area contributed by atoms with Crippen molar-refractivity contribution in [2.24, 2.45) is 0 Å². The van der Waals surface area contributed by atoms with Gasteiger partial charge in [0.25, 0.3) is 0 Å². The Labute approximate surface area is 113 Å². The minimum Gasteiger partial charge on any atom is -0.480 e. The van der Waals surface area contributed by atoms with E-state index in [-0.39, 0.29) is 0 Å². The second-order valence-electron chi connectivity index (χ2n) is 4.04. The molecule has 0 aliphatic carbocycles. The van der Waals surface area contributed by atoms with E-state index in [1.165, 1.54) is 0 Å². The fourth-order valence-electron chi connectivity index (χ4n) is 1.38. The van der Waals surface area contributed by atoms with Crippen LogP contribution in [0.3, 0.4) is 0 Å². The van der Waals surface area contributed by atoms with E-state index in [0.717, 1.165) is 0 Å². The van der Waals surface area contributed by atoms with Crippen molar-refractivity contribution < 1.29 is 24.2 Å². The molecule has 0 saturated heterocycles. The quantitative estimate of drug-likeness (QED) is 0.480. The number of carboxylic acids is 1. The zero-order chi connectivity index (χ0) is 14.5. The van der Waals surface area contributed by atoms with Crippen molar-refractivity contribution in [2.45, 2.75) is 32.2 Å². The van der Waals surface area contributed by atoms with Gasteiger partial charge in [-0.05, 0) is 12.8 Å². The summed E-state index contributed by atoms with van der Waals surface area (Å²) in [6.07, 6.45) is 1.79. The molecule has 0 unspecified atom stereocenters. The van der Waals surface area contributed by atoms with Crippen molar-refractivity contribution in [3.05, 3.63) is 0 Å². The molecule has 0 aliphatic heterocycles. The Hall–Kier alpha value is -1.34. The Morgan fingerprint density at radius 1 is 1.26 bits per heavy atom. The zero-order valence-corrected chi connectivity index (χ0v) is 11.6. The molecule has 19 heavy (non-hydrogen) atoms. The minimum absolute atomic E-state index is 0.420. The average Bonchev–Trinajstić information content (AvgIpc) is 2.37. The number of urea groups is 1. The van der Waals surface area contributed by atoms with Gasteiger partial charge in [0.2, 0.25) is 0 Å². The first kappa shape index (κ1) is 17.7. The van der Waals surface area contributed by atoms with Crippen LogP contribution in [0.5, 0.6) is 0 Å². The molecule has 2 amide bonds. The highest BCUT2D eigenvalue weighted by Gasteiger charge is 2.18. The summed E-state index contributed by atoms with van der Waals surface area (Å²) in [5.41, 5.74) is 0. The molecule has 0 aromatic rings. The molecule has 0 spiro atoms. The summed E-state index contributed by atoms with van der Waals surface area (Å²) in [4.78, 5) is 22.2. The van der Waals surface area contributed by atoms with E-state index in [2.05, 4.69) is 10.6 Å². The lowest BCUT2D eigenvalue weighted by Gasteiger charge is -2.14. The van der Waals surface area contributed by atoms with E-state index < -0.39 is 18.0 Å². The summed E-state index contributed by atoms with van der Waals surface area (Å²) in [5, 5.41) is 13.9. The molecular formula is C12H24N2O5. The maximum atomic E-state index is 11.4. The van der Waals surface area contributed by atoms with Crippen LogP contribution in [0.4, 0.5) is 4.79 Å². The van der Waals surface area contributed by atoms with Gasteiger partial charge in [0.15, 0.2) is 0 Å². The van der Waals surface area contributed by atoms with Crippen molar-refractivity contribution in [3.63, 3.8) is 0 Å². The van der Waals surface area contributed by atoms with E-state index in [4.69, 9.17) is 14.6 Å². The molecule has 0 heterocycles. The van der Waals surface area contributed by atoms with E-state index in [9.17, 15) is 9.59 Å². The lowest BCUT2D eigenvalue weighted by molar-refractivity contribution is -0.139. The van der Waals surface area contributed by atoms with E-state index in [1.54, 1.807) is 7.11 Å². The number of carbonyl (C=O) groups is 2. The van der Waals surface area contributed by atoms with E-state index in [1.807, 2.05) is 6.92 Å². The van der Waals surface area contributed by atoms with Crippen molar-refractivity contribution >= 4 is 12.0 Å². The number of hydrogen-bond donors (Lipinski definition) is 3. The van der Waals surface area contributed by atoms with Crippen LogP contribution in [0.1, 0.15) is 26.2 Å². The second-order valence-corrected chi connectivity index (χ2v) is 4.04. The van der Waals surface area contributed by atoms with Gasteiger partial charge in [-0.25, -0.2) is 9.59 Å². The molecule has 0 aromatic heterocycles. The van der Waals surface area contributed by atoms with Gasteiger partial charge in [-0.3, -0.25) is 0 Å². The number of ether oxygens (including phenoxy) is 2. The number of hydrogen-bond acceptors (Lipinski definition) is 4. The summed E-state index contributed by atoms with van der Waals surface area (Å²) >= 11 is 0. The van der Waals surface area contributed by atoms with Crippen molar-refractivity contribution in [2.75, 3.05) is 33.5 Å². The van der Waals surface area contributed by atoms with Crippen LogP contribution in [-0.2, 0) is 14.3 Å². The number of methoxy groups -OCH3 is 1. The summed E-state index contributed by atoms with van der Waals surface area (Å²) in [6, 6.07) is -1.29. The summed E-state index contributed by atoms with van der Waals surface area (Å²) in [6.45, 7) is 3.91. The molecule has 0 bridgehead atoms. The van der Waals surface area contributed by atoms with Crippen molar-refractivity contribution in [3.8, 4) is 0 Å². The molecule has 0 fully saturated rings. The third kappa shape index (κ3) is 10.3. The van der Waals surface area contributed by atoms with Gasteiger partial charge in [-0.1, -0.05) is 13.3 Å². The molecule has 0 rings (SSSR count). The molecule has 112 valence electrons. The van der Waals surface area contributed by atoms with Gasteiger partial charge in [0.05, 0.1) is 13.2 Å². The highest BCUT2D eigenvalue weighted by atomic mass is 16.5. The average molecular weight is 276 g/mol. The second kappa shape index (κ2) is 11.7. The number of amides is 2. The predicted molar refractivity (Wildman–Crippen MR) is 70.2 cm³/mol. The first-order valence-electron chi connectivity index (χ1n) is 6.45. The summed E-state index contributed by atoms with van der Waals surface area (Å²) in [5.74, 6) is -1.01. The summed E-state index contributed by atoms with van der Waals surface area (Å²) < 4.78 is 10.0. The standard InChI is InChI=1S/C12H24N2O5/c1-3-5-10(11(15)16)14-12(17)13-6-4-7-19-9-8-18-2/h10H,3-9H2,1-2H3,(H,15,16)(H2,13,14,17)/t10-/m0/s1. The highest BCUT2D eigenvalue weighted by molar-refractivity contribution is 5.82. The lowest BCUT2D eigenvalue weighted by Crippen LogP contribution is -2.46. The molecule has 0 radical (unpaired) electrons. The molecule has 0 aromatic carbocycles.